The largest absolute Gasteiger partial charge is 0.497 e. The molecule has 4 amide bonds. The van der Waals surface area contributed by atoms with Gasteiger partial charge in [-0.3, -0.25) is 14.5 Å². The summed E-state index contributed by atoms with van der Waals surface area (Å²) in [5, 5.41) is 2.70. The van der Waals surface area contributed by atoms with Gasteiger partial charge in [-0.2, -0.15) is 0 Å². The lowest BCUT2D eigenvalue weighted by atomic mass is 9.92. The fraction of sp³-hybridized carbons (Fsp3) is 0.550. The normalized spacial score (nSPS) is 20.3. The van der Waals surface area contributed by atoms with Gasteiger partial charge in [-0.1, -0.05) is 26.0 Å². The van der Waals surface area contributed by atoms with Crippen LogP contribution in [0.25, 0.3) is 0 Å². The van der Waals surface area contributed by atoms with Crippen molar-refractivity contribution in [3.63, 3.8) is 0 Å². The van der Waals surface area contributed by atoms with Crippen LogP contribution in [0.4, 0.5) is 4.79 Å². The first kappa shape index (κ1) is 21.7. The molecular formula is C20H30N4O4. The van der Waals surface area contributed by atoms with Crippen LogP contribution in [-0.4, -0.2) is 60.9 Å². The highest BCUT2D eigenvalue weighted by molar-refractivity contribution is 6.09. The first-order valence-corrected chi connectivity index (χ1v) is 9.38. The Balaban J connectivity index is 2.05. The predicted molar refractivity (Wildman–Crippen MR) is 106 cm³/mol. The second kappa shape index (κ2) is 8.60. The predicted octanol–water partition coefficient (Wildman–Crippen LogP) is 1.29. The minimum absolute atomic E-state index is 0.00895. The molecule has 1 aliphatic rings. The molecule has 2 atom stereocenters. The summed E-state index contributed by atoms with van der Waals surface area (Å²) in [5.74, 6) is 0.207. The van der Waals surface area contributed by atoms with E-state index in [1.165, 1.54) is 4.90 Å². The van der Waals surface area contributed by atoms with E-state index in [0.717, 1.165) is 4.90 Å². The van der Waals surface area contributed by atoms with Crippen molar-refractivity contribution in [1.29, 1.82) is 0 Å². The lowest BCUT2D eigenvalue weighted by molar-refractivity contribution is -0.138. The molecule has 1 fully saturated rings. The van der Waals surface area contributed by atoms with E-state index in [-0.39, 0.29) is 18.5 Å². The molecule has 0 spiro atoms. The van der Waals surface area contributed by atoms with Crippen molar-refractivity contribution < 1.29 is 19.1 Å². The number of imide groups is 1. The van der Waals surface area contributed by atoms with Crippen LogP contribution >= 0.6 is 0 Å². The topological polar surface area (TPSA) is 105 Å². The number of amides is 4. The summed E-state index contributed by atoms with van der Waals surface area (Å²) in [6.45, 7) is 5.85. The number of nitrogens with zero attached hydrogens (tertiary/aromatic N) is 2. The lowest BCUT2D eigenvalue weighted by Crippen LogP contribution is -2.44. The van der Waals surface area contributed by atoms with Gasteiger partial charge in [0.15, 0.2) is 0 Å². The number of urea groups is 1. The van der Waals surface area contributed by atoms with Gasteiger partial charge in [0, 0.05) is 19.6 Å². The third kappa shape index (κ3) is 4.44. The minimum Gasteiger partial charge on any atom is -0.497 e. The van der Waals surface area contributed by atoms with Gasteiger partial charge in [0.2, 0.25) is 5.91 Å². The van der Waals surface area contributed by atoms with Crippen LogP contribution in [0.2, 0.25) is 0 Å². The highest BCUT2D eigenvalue weighted by Gasteiger charge is 2.49. The van der Waals surface area contributed by atoms with E-state index in [9.17, 15) is 14.4 Å². The average molecular weight is 390 g/mol. The molecular weight excluding hydrogens is 360 g/mol. The molecule has 2 unspecified atom stereocenters. The molecule has 1 heterocycles. The van der Waals surface area contributed by atoms with Gasteiger partial charge in [-0.25, -0.2) is 4.79 Å². The number of ether oxygens (including phenoxy) is 1. The summed E-state index contributed by atoms with van der Waals surface area (Å²) < 4.78 is 5.13. The fourth-order valence-corrected chi connectivity index (χ4v) is 3.02. The van der Waals surface area contributed by atoms with E-state index in [2.05, 4.69) is 5.32 Å². The van der Waals surface area contributed by atoms with Crippen LogP contribution in [-0.2, 0) is 15.1 Å². The van der Waals surface area contributed by atoms with Crippen LogP contribution in [0, 0.1) is 5.92 Å². The van der Waals surface area contributed by atoms with E-state index >= 15 is 0 Å². The van der Waals surface area contributed by atoms with Crippen molar-refractivity contribution in [2.24, 2.45) is 11.7 Å². The molecule has 3 N–H and O–H groups in total. The van der Waals surface area contributed by atoms with Crippen LogP contribution in [0.3, 0.4) is 0 Å². The quantitative estimate of drug-likeness (QED) is 0.651. The number of benzene rings is 1. The van der Waals surface area contributed by atoms with Crippen LogP contribution < -0.4 is 15.8 Å². The Morgan fingerprint density at radius 3 is 2.43 bits per heavy atom. The molecule has 0 radical (unpaired) electrons. The van der Waals surface area contributed by atoms with Gasteiger partial charge in [0.25, 0.3) is 5.91 Å². The smallest absolute Gasteiger partial charge is 0.325 e. The van der Waals surface area contributed by atoms with E-state index < -0.39 is 17.5 Å². The zero-order valence-corrected chi connectivity index (χ0v) is 17.2. The Hall–Kier alpha value is -2.61. The maximum atomic E-state index is 12.9. The summed E-state index contributed by atoms with van der Waals surface area (Å²) in [6, 6.07) is 6.30. The molecule has 28 heavy (non-hydrogen) atoms. The summed E-state index contributed by atoms with van der Waals surface area (Å²) in [7, 11) is 3.20. The number of rotatable bonds is 8. The number of hydrogen-bond acceptors (Lipinski definition) is 5. The maximum absolute atomic E-state index is 12.9. The molecule has 0 bridgehead atoms. The SMILES string of the molecule is COc1ccc(C2(C)NC(=O)N(CC(=O)N(C)CCC(N)C(C)C)C2=O)cc1. The van der Waals surface area contributed by atoms with Gasteiger partial charge in [-0.15, -0.1) is 0 Å². The summed E-state index contributed by atoms with van der Waals surface area (Å²) in [5.41, 5.74) is 5.42. The fourth-order valence-electron chi connectivity index (χ4n) is 3.02. The van der Waals surface area contributed by atoms with Crippen LogP contribution in [0.1, 0.15) is 32.8 Å². The number of carbonyl (C=O) groups is 3. The Bertz CT molecular complexity index is 734. The zero-order chi connectivity index (χ0) is 21.1. The summed E-state index contributed by atoms with van der Waals surface area (Å²) in [6.07, 6.45) is 0.656. The molecule has 1 aromatic carbocycles. The van der Waals surface area contributed by atoms with E-state index in [4.69, 9.17) is 10.5 Å². The first-order chi connectivity index (χ1) is 13.1. The van der Waals surface area contributed by atoms with Crippen molar-refractivity contribution in [3.05, 3.63) is 29.8 Å². The van der Waals surface area contributed by atoms with Crippen molar-refractivity contribution in [2.75, 3.05) is 27.2 Å². The second-order valence-electron chi connectivity index (χ2n) is 7.69. The molecule has 8 nitrogen and oxygen atoms in total. The highest BCUT2D eigenvalue weighted by atomic mass is 16.5. The molecule has 154 valence electrons. The number of hydrogen-bond donors (Lipinski definition) is 2. The first-order valence-electron chi connectivity index (χ1n) is 9.38. The maximum Gasteiger partial charge on any atom is 0.325 e. The number of methoxy groups -OCH3 is 1. The third-order valence-corrected chi connectivity index (χ3v) is 5.32. The Morgan fingerprint density at radius 2 is 1.89 bits per heavy atom. The summed E-state index contributed by atoms with van der Waals surface area (Å²) >= 11 is 0. The standard InChI is InChI=1S/C20H30N4O4/c1-13(2)16(21)10-11-23(4)17(25)12-24-18(26)20(3,22-19(24)27)14-6-8-15(28-5)9-7-14/h6-9,13,16H,10-12,21H2,1-5H3,(H,22,27). The van der Waals surface area contributed by atoms with Crippen molar-refractivity contribution in [3.8, 4) is 5.75 Å². The van der Waals surface area contributed by atoms with E-state index in [1.54, 1.807) is 45.3 Å². The number of carbonyl (C=O) groups excluding carboxylic acids is 3. The zero-order valence-electron chi connectivity index (χ0n) is 17.2. The molecule has 8 heteroatoms. The molecule has 2 rings (SSSR count). The molecule has 0 aliphatic carbocycles. The number of likely N-dealkylation sites (N-methyl/N-ethyl adjacent to an activating group) is 1. The van der Waals surface area contributed by atoms with Gasteiger partial charge in [0.05, 0.1) is 7.11 Å². The lowest BCUT2D eigenvalue weighted by Gasteiger charge is -2.24. The van der Waals surface area contributed by atoms with Crippen LogP contribution in [0.15, 0.2) is 24.3 Å². The number of nitrogens with one attached hydrogen (secondary N) is 1. The van der Waals surface area contributed by atoms with Gasteiger partial charge in [-0.05, 0) is 37.0 Å². The molecule has 0 aromatic heterocycles. The Morgan fingerprint density at radius 1 is 1.29 bits per heavy atom. The third-order valence-electron chi connectivity index (χ3n) is 5.32. The Labute approximate surface area is 166 Å². The average Bonchev–Trinajstić information content (AvgIpc) is 2.89. The molecule has 1 aliphatic heterocycles. The highest BCUT2D eigenvalue weighted by Crippen LogP contribution is 2.30. The second-order valence-corrected chi connectivity index (χ2v) is 7.69. The van der Waals surface area contributed by atoms with Gasteiger partial charge in [0.1, 0.15) is 17.8 Å². The molecule has 1 aromatic rings. The van der Waals surface area contributed by atoms with Crippen LogP contribution in [0.5, 0.6) is 5.75 Å². The monoisotopic (exact) mass is 390 g/mol. The van der Waals surface area contributed by atoms with E-state index in [1.807, 2.05) is 13.8 Å². The van der Waals surface area contributed by atoms with Crippen molar-refractivity contribution in [1.82, 2.24) is 15.1 Å². The Kier molecular flexibility index (Phi) is 6.66. The molecule has 0 saturated carbocycles. The van der Waals surface area contributed by atoms with Crippen molar-refractivity contribution >= 4 is 17.8 Å². The minimum atomic E-state index is -1.22. The van der Waals surface area contributed by atoms with Gasteiger partial charge < -0.3 is 20.7 Å². The molecule has 1 saturated heterocycles. The summed E-state index contributed by atoms with van der Waals surface area (Å²) in [4.78, 5) is 40.3. The van der Waals surface area contributed by atoms with Gasteiger partial charge >= 0.3 is 6.03 Å². The number of nitrogens with two attached hydrogens (primary N) is 1. The van der Waals surface area contributed by atoms with E-state index in [0.29, 0.717) is 30.2 Å². The van der Waals surface area contributed by atoms with Crippen molar-refractivity contribution in [2.45, 2.75) is 38.8 Å².